The lowest BCUT2D eigenvalue weighted by Gasteiger charge is -2.10. The van der Waals surface area contributed by atoms with Crippen molar-refractivity contribution in [2.75, 3.05) is 6.61 Å². The highest BCUT2D eigenvalue weighted by Gasteiger charge is 2.20. The van der Waals surface area contributed by atoms with Crippen LogP contribution >= 0.6 is 0 Å². The first-order chi connectivity index (χ1) is 6.29. The Morgan fingerprint density at radius 2 is 2.38 bits per heavy atom. The smallest absolute Gasteiger partial charge is 0.139 e. The van der Waals surface area contributed by atoms with Gasteiger partial charge in [0.05, 0.1) is 12.9 Å². The molecule has 1 unspecified atom stereocenters. The second-order valence-corrected chi connectivity index (χ2v) is 3.08. The normalized spacial score (nSPS) is 18.2. The molecule has 70 valence electrons. The largest absolute Gasteiger partial charge is 0.495 e. The van der Waals surface area contributed by atoms with Gasteiger partial charge in [0.25, 0.3) is 0 Å². The maximum Gasteiger partial charge on any atom is 0.139 e. The van der Waals surface area contributed by atoms with E-state index in [2.05, 4.69) is 0 Å². The van der Waals surface area contributed by atoms with E-state index in [1.165, 1.54) is 0 Å². The van der Waals surface area contributed by atoms with E-state index in [0.29, 0.717) is 12.4 Å². The minimum Gasteiger partial charge on any atom is -0.495 e. The summed E-state index contributed by atoms with van der Waals surface area (Å²) in [5, 5.41) is 9.84. The summed E-state index contributed by atoms with van der Waals surface area (Å²) in [5.41, 5.74) is 0.785. The molecule has 1 aliphatic rings. The van der Waals surface area contributed by atoms with Crippen molar-refractivity contribution >= 4 is 0 Å². The summed E-state index contributed by atoms with van der Waals surface area (Å²) < 4.78 is 10.4. The number of ether oxygens (including phenoxy) is 1. The third-order valence-electron chi connectivity index (χ3n) is 2.20. The van der Waals surface area contributed by atoms with Gasteiger partial charge in [-0.15, -0.1) is 0 Å². The number of rotatable bonds is 2. The number of furan rings is 1. The number of hydrogen-bond donors (Lipinski definition) is 1. The first kappa shape index (κ1) is 8.38. The minimum absolute atomic E-state index is 0.643. The molecule has 3 heteroatoms. The van der Waals surface area contributed by atoms with Gasteiger partial charge in [0, 0.05) is 12.0 Å². The van der Waals surface area contributed by atoms with Gasteiger partial charge in [0.15, 0.2) is 0 Å². The van der Waals surface area contributed by atoms with Crippen molar-refractivity contribution in [3.05, 3.63) is 35.5 Å². The van der Waals surface area contributed by atoms with Crippen LogP contribution < -0.4 is 0 Å². The Morgan fingerprint density at radius 1 is 1.54 bits per heavy atom. The lowest BCUT2D eigenvalue weighted by molar-refractivity contribution is 0.118. The van der Waals surface area contributed by atoms with Gasteiger partial charge in [-0.3, -0.25) is 0 Å². The van der Waals surface area contributed by atoms with Crippen LogP contribution in [0, 0.1) is 6.92 Å². The first-order valence-corrected chi connectivity index (χ1v) is 4.34. The van der Waals surface area contributed by atoms with Crippen LogP contribution in [0.1, 0.15) is 23.8 Å². The topological polar surface area (TPSA) is 42.6 Å². The van der Waals surface area contributed by atoms with E-state index in [1.807, 2.05) is 13.0 Å². The Labute approximate surface area is 76.6 Å². The highest BCUT2D eigenvalue weighted by molar-refractivity contribution is 5.25. The highest BCUT2D eigenvalue weighted by Crippen LogP contribution is 2.28. The molecule has 1 aromatic rings. The van der Waals surface area contributed by atoms with Crippen molar-refractivity contribution in [1.29, 1.82) is 0 Å². The second kappa shape index (κ2) is 3.26. The molecule has 0 aliphatic carbocycles. The molecule has 2 heterocycles. The van der Waals surface area contributed by atoms with Crippen LogP contribution in [0.5, 0.6) is 0 Å². The van der Waals surface area contributed by atoms with Crippen molar-refractivity contribution in [3.8, 4) is 0 Å². The standard InChI is InChI=1S/C10H12O3/c1-7-8(4-6-12-7)10(11)9-3-2-5-13-9/h3-4,6,10-11H,2,5H2,1H3. The SMILES string of the molecule is Cc1occc1C(O)C1=CCCO1. The molecular formula is C10H12O3. The molecule has 0 fully saturated rings. The summed E-state index contributed by atoms with van der Waals surface area (Å²) in [6.07, 6.45) is 3.70. The summed E-state index contributed by atoms with van der Waals surface area (Å²) in [4.78, 5) is 0. The molecule has 0 amide bonds. The van der Waals surface area contributed by atoms with E-state index in [9.17, 15) is 5.11 Å². The van der Waals surface area contributed by atoms with Crippen LogP contribution in [0.4, 0.5) is 0 Å². The summed E-state index contributed by atoms with van der Waals surface area (Å²) in [5.74, 6) is 1.38. The zero-order valence-electron chi connectivity index (χ0n) is 7.49. The molecule has 0 aromatic carbocycles. The van der Waals surface area contributed by atoms with Gasteiger partial charge in [-0.05, 0) is 19.1 Å². The Hall–Kier alpha value is -1.22. The first-order valence-electron chi connectivity index (χ1n) is 4.34. The third kappa shape index (κ3) is 1.47. The molecular weight excluding hydrogens is 168 g/mol. The third-order valence-corrected chi connectivity index (χ3v) is 2.20. The average Bonchev–Trinajstić information content (AvgIpc) is 2.72. The zero-order valence-corrected chi connectivity index (χ0v) is 7.49. The van der Waals surface area contributed by atoms with E-state index >= 15 is 0 Å². The summed E-state index contributed by atoms with van der Waals surface area (Å²) in [6, 6.07) is 1.77. The van der Waals surface area contributed by atoms with Crippen LogP contribution in [-0.2, 0) is 4.74 Å². The predicted molar refractivity (Wildman–Crippen MR) is 47.1 cm³/mol. The van der Waals surface area contributed by atoms with Gasteiger partial charge in [0.2, 0.25) is 0 Å². The molecule has 0 saturated carbocycles. The second-order valence-electron chi connectivity index (χ2n) is 3.08. The number of aliphatic hydroxyl groups excluding tert-OH is 1. The van der Waals surface area contributed by atoms with Crippen LogP contribution in [0.3, 0.4) is 0 Å². The molecule has 2 rings (SSSR count). The van der Waals surface area contributed by atoms with Crippen LogP contribution in [0.15, 0.2) is 28.6 Å². The molecule has 3 nitrogen and oxygen atoms in total. The monoisotopic (exact) mass is 180 g/mol. The Bertz CT molecular complexity index is 325. The van der Waals surface area contributed by atoms with Crippen LogP contribution in [0.2, 0.25) is 0 Å². The molecule has 1 atom stereocenters. The summed E-state index contributed by atoms with van der Waals surface area (Å²) >= 11 is 0. The highest BCUT2D eigenvalue weighted by atomic mass is 16.5. The van der Waals surface area contributed by atoms with Crippen LogP contribution in [-0.4, -0.2) is 11.7 Å². The molecule has 1 aromatic heterocycles. The number of hydrogen-bond acceptors (Lipinski definition) is 3. The summed E-state index contributed by atoms with van der Waals surface area (Å²) in [6.45, 7) is 2.50. The molecule has 1 aliphatic heterocycles. The van der Waals surface area contributed by atoms with Crippen molar-refractivity contribution in [1.82, 2.24) is 0 Å². The van der Waals surface area contributed by atoms with Gasteiger partial charge >= 0.3 is 0 Å². The van der Waals surface area contributed by atoms with E-state index in [4.69, 9.17) is 9.15 Å². The number of aliphatic hydroxyl groups is 1. The van der Waals surface area contributed by atoms with Crippen molar-refractivity contribution in [2.24, 2.45) is 0 Å². The van der Waals surface area contributed by atoms with Gasteiger partial charge < -0.3 is 14.3 Å². The molecule has 0 bridgehead atoms. The van der Waals surface area contributed by atoms with E-state index in [1.54, 1.807) is 12.3 Å². The van der Waals surface area contributed by atoms with Gasteiger partial charge in [-0.2, -0.15) is 0 Å². The molecule has 0 spiro atoms. The fourth-order valence-corrected chi connectivity index (χ4v) is 1.46. The lowest BCUT2D eigenvalue weighted by atomic mass is 10.1. The van der Waals surface area contributed by atoms with E-state index < -0.39 is 6.10 Å². The number of aryl methyl sites for hydroxylation is 1. The average molecular weight is 180 g/mol. The molecule has 13 heavy (non-hydrogen) atoms. The van der Waals surface area contributed by atoms with E-state index in [0.717, 1.165) is 17.7 Å². The quantitative estimate of drug-likeness (QED) is 0.756. The molecule has 1 N–H and O–H groups in total. The van der Waals surface area contributed by atoms with Crippen molar-refractivity contribution < 1.29 is 14.3 Å². The van der Waals surface area contributed by atoms with Gasteiger partial charge in [-0.1, -0.05) is 0 Å². The Kier molecular flexibility index (Phi) is 2.10. The Morgan fingerprint density at radius 3 is 2.92 bits per heavy atom. The van der Waals surface area contributed by atoms with Crippen molar-refractivity contribution in [3.63, 3.8) is 0 Å². The predicted octanol–water partition coefficient (Wildman–Crippen LogP) is 1.93. The molecule has 0 saturated heterocycles. The fraction of sp³-hybridized carbons (Fsp3) is 0.400. The lowest BCUT2D eigenvalue weighted by Crippen LogP contribution is -2.02. The molecule has 0 radical (unpaired) electrons. The van der Waals surface area contributed by atoms with Crippen molar-refractivity contribution in [2.45, 2.75) is 19.4 Å². The van der Waals surface area contributed by atoms with Crippen LogP contribution in [0.25, 0.3) is 0 Å². The van der Waals surface area contributed by atoms with Gasteiger partial charge in [-0.25, -0.2) is 0 Å². The Balaban J connectivity index is 2.21. The minimum atomic E-state index is -0.666. The summed E-state index contributed by atoms with van der Waals surface area (Å²) in [7, 11) is 0. The van der Waals surface area contributed by atoms with Gasteiger partial charge in [0.1, 0.15) is 17.6 Å². The van der Waals surface area contributed by atoms with E-state index in [-0.39, 0.29) is 0 Å². The fourth-order valence-electron chi connectivity index (χ4n) is 1.46. The zero-order chi connectivity index (χ0) is 9.26. The maximum absolute atomic E-state index is 9.84. The maximum atomic E-state index is 9.84.